The summed E-state index contributed by atoms with van der Waals surface area (Å²) >= 11 is 0. The van der Waals surface area contributed by atoms with Crippen molar-refractivity contribution in [2.24, 2.45) is 5.41 Å². The number of rotatable bonds is 4. The number of amides is 1. The second kappa shape index (κ2) is 6.43. The smallest absolute Gasteiger partial charge is 0.238 e. The summed E-state index contributed by atoms with van der Waals surface area (Å²) in [5.41, 5.74) is 6.58. The van der Waals surface area contributed by atoms with Gasteiger partial charge in [0.25, 0.3) is 0 Å². The standard InChI is InChI=1S/C16H24FN3O/c1-3-16(2)6-8-20(9-7-16)11-15(21)19-14-10-12(18)4-5-13(14)17/h4-5,10H,3,6-9,11,18H2,1-2H3,(H,19,21). The number of carbonyl (C=O) groups is 1. The van der Waals surface area contributed by atoms with Crippen LogP contribution in [0.2, 0.25) is 0 Å². The van der Waals surface area contributed by atoms with E-state index in [1.165, 1.54) is 24.6 Å². The Bertz CT molecular complexity index is 510. The number of nitrogens with two attached hydrogens (primary N) is 1. The van der Waals surface area contributed by atoms with Crippen molar-refractivity contribution in [1.29, 1.82) is 0 Å². The van der Waals surface area contributed by atoms with Crippen molar-refractivity contribution in [2.45, 2.75) is 33.1 Å². The molecule has 3 N–H and O–H groups in total. The maximum atomic E-state index is 13.6. The molecule has 0 bridgehead atoms. The summed E-state index contributed by atoms with van der Waals surface area (Å²) in [5, 5.41) is 2.60. The van der Waals surface area contributed by atoms with E-state index in [1.54, 1.807) is 0 Å². The average molecular weight is 293 g/mol. The first-order valence-corrected chi connectivity index (χ1v) is 7.49. The number of benzene rings is 1. The van der Waals surface area contributed by atoms with E-state index < -0.39 is 5.82 Å². The van der Waals surface area contributed by atoms with Crippen LogP contribution in [0.15, 0.2) is 18.2 Å². The van der Waals surface area contributed by atoms with Crippen molar-refractivity contribution in [3.05, 3.63) is 24.0 Å². The van der Waals surface area contributed by atoms with Gasteiger partial charge in [-0.15, -0.1) is 0 Å². The Kier molecular flexibility index (Phi) is 4.83. The van der Waals surface area contributed by atoms with Gasteiger partial charge in [-0.25, -0.2) is 4.39 Å². The Morgan fingerprint density at radius 3 is 2.71 bits per heavy atom. The second-order valence-electron chi connectivity index (χ2n) is 6.23. The molecule has 1 aliphatic heterocycles. The van der Waals surface area contributed by atoms with Crippen LogP contribution in [0.25, 0.3) is 0 Å². The fourth-order valence-electron chi connectivity index (χ4n) is 2.64. The number of halogens is 1. The van der Waals surface area contributed by atoms with Crippen LogP contribution >= 0.6 is 0 Å². The Balaban J connectivity index is 1.87. The predicted octanol–water partition coefficient (Wildman–Crippen LogP) is 2.86. The molecule has 5 heteroatoms. The van der Waals surface area contributed by atoms with E-state index in [-0.39, 0.29) is 11.6 Å². The van der Waals surface area contributed by atoms with Gasteiger partial charge in [0, 0.05) is 5.69 Å². The number of hydrogen-bond donors (Lipinski definition) is 2. The van der Waals surface area contributed by atoms with Gasteiger partial charge in [0.05, 0.1) is 12.2 Å². The van der Waals surface area contributed by atoms with Gasteiger partial charge >= 0.3 is 0 Å². The highest BCUT2D eigenvalue weighted by Crippen LogP contribution is 2.33. The number of nitrogen functional groups attached to an aromatic ring is 1. The fraction of sp³-hybridized carbons (Fsp3) is 0.562. The lowest BCUT2D eigenvalue weighted by atomic mass is 9.78. The molecule has 1 amide bonds. The molecule has 2 rings (SSSR count). The first-order chi connectivity index (χ1) is 9.92. The normalized spacial score (nSPS) is 18.4. The molecule has 0 aliphatic carbocycles. The van der Waals surface area contributed by atoms with Crippen molar-refractivity contribution < 1.29 is 9.18 Å². The van der Waals surface area contributed by atoms with Crippen LogP contribution in [0.5, 0.6) is 0 Å². The van der Waals surface area contributed by atoms with Gasteiger partial charge in [-0.2, -0.15) is 0 Å². The topological polar surface area (TPSA) is 58.4 Å². The summed E-state index contributed by atoms with van der Waals surface area (Å²) in [6.07, 6.45) is 3.37. The molecule has 1 saturated heterocycles. The number of hydrogen-bond acceptors (Lipinski definition) is 3. The molecule has 1 fully saturated rings. The summed E-state index contributed by atoms with van der Waals surface area (Å²) < 4.78 is 13.6. The van der Waals surface area contributed by atoms with Crippen LogP contribution in [0.4, 0.5) is 15.8 Å². The first-order valence-electron chi connectivity index (χ1n) is 7.49. The van der Waals surface area contributed by atoms with Crippen LogP contribution < -0.4 is 11.1 Å². The van der Waals surface area contributed by atoms with E-state index in [1.807, 2.05) is 0 Å². The van der Waals surface area contributed by atoms with E-state index in [9.17, 15) is 9.18 Å². The third kappa shape index (κ3) is 4.17. The van der Waals surface area contributed by atoms with Crippen molar-refractivity contribution >= 4 is 17.3 Å². The molecule has 21 heavy (non-hydrogen) atoms. The summed E-state index contributed by atoms with van der Waals surface area (Å²) in [7, 11) is 0. The molecule has 116 valence electrons. The second-order valence-corrected chi connectivity index (χ2v) is 6.23. The van der Waals surface area contributed by atoms with Crippen molar-refractivity contribution in [2.75, 3.05) is 30.7 Å². The van der Waals surface area contributed by atoms with Gasteiger partial charge in [0.1, 0.15) is 5.82 Å². The molecule has 0 atom stereocenters. The van der Waals surface area contributed by atoms with Gasteiger partial charge in [-0.3, -0.25) is 9.69 Å². The number of piperidine rings is 1. The lowest BCUT2D eigenvalue weighted by Gasteiger charge is -2.38. The Hall–Kier alpha value is -1.62. The van der Waals surface area contributed by atoms with E-state index in [4.69, 9.17) is 5.73 Å². The van der Waals surface area contributed by atoms with Gasteiger partial charge in [-0.1, -0.05) is 20.3 Å². The molecule has 1 heterocycles. The molecule has 0 spiro atoms. The van der Waals surface area contributed by atoms with Crippen LogP contribution in [0, 0.1) is 11.2 Å². The minimum Gasteiger partial charge on any atom is -0.399 e. The van der Waals surface area contributed by atoms with Crippen LogP contribution in [0.1, 0.15) is 33.1 Å². The summed E-state index contributed by atoms with van der Waals surface area (Å²) in [6, 6.07) is 4.18. The van der Waals surface area contributed by atoms with Crippen LogP contribution in [-0.2, 0) is 4.79 Å². The highest BCUT2D eigenvalue weighted by Gasteiger charge is 2.28. The van der Waals surface area contributed by atoms with E-state index in [0.717, 1.165) is 25.9 Å². The number of nitrogens with zero attached hydrogens (tertiary/aromatic N) is 1. The summed E-state index contributed by atoms with van der Waals surface area (Å²) in [4.78, 5) is 14.1. The number of anilines is 2. The SMILES string of the molecule is CCC1(C)CCN(CC(=O)Nc2cc(N)ccc2F)CC1. The highest BCUT2D eigenvalue weighted by molar-refractivity contribution is 5.92. The van der Waals surface area contributed by atoms with Gasteiger partial charge in [0.15, 0.2) is 0 Å². The van der Waals surface area contributed by atoms with E-state index >= 15 is 0 Å². The molecular weight excluding hydrogens is 269 g/mol. The van der Waals surface area contributed by atoms with Crippen molar-refractivity contribution in [3.63, 3.8) is 0 Å². The molecule has 0 radical (unpaired) electrons. The Morgan fingerprint density at radius 2 is 2.10 bits per heavy atom. The highest BCUT2D eigenvalue weighted by atomic mass is 19.1. The first kappa shape index (κ1) is 15.8. The lowest BCUT2D eigenvalue weighted by molar-refractivity contribution is -0.117. The van der Waals surface area contributed by atoms with Gasteiger partial charge in [-0.05, 0) is 49.5 Å². The Labute approximate surface area is 125 Å². The number of nitrogens with one attached hydrogen (secondary N) is 1. The minimum absolute atomic E-state index is 0.149. The maximum absolute atomic E-state index is 13.6. The molecule has 0 unspecified atom stereocenters. The van der Waals surface area contributed by atoms with E-state index in [2.05, 4.69) is 24.1 Å². The van der Waals surface area contributed by atoms with E-state index in [0.29, 0.717) is 17.6 Å². The third-order valence-corrected chi connectivity index (χ3v) is 4.55. The third-order valence-electron chi connectivity index (χ3n) is 4.55. The fourth-order valence-corrected chi connectivity index (χ4v) is 2.64. The molecule has 1 aromatic carbocycles. The summed E-state index contributed by atoms with van der Waals surface area (Å²) in [6.45, 7) is 6.64. The maximum Gasteiger partial charge on any atom is 0.238 e. The monoisotopic (exact) mass is 293 g/mol. The van der Waals surface area contributed by atoms with Crippen LogP contribution in [-0.4, -0.2) is 30.4 Å². The molecule has 0 saturated carbocycles. The quantitative estimate of drug-likeness (QED) is 0.839. The van der Waals surface area contributed by atoms with Gasteiger partial charge < -0.3 is 11.1 Å². The number of likely N-dealkylation sites (tertiary alicyclic amines) is 1. The average Bonchev–Trinajstić information content (AvgIpc) is 2.46. The van der Waals surface area contributed by atoms with Crippen molar-refractivity contribution in [1.82, 2.24) is 4.90 Å². The molecule has 1 aromatic rings. The molecule has 0 aromatic heterocycles. The Morgan fingerprint density at radius 1 is 1.43 bits per heavy atom. The summed E-state index contributed by atoms with van der Waals surface area (Å²) in [5.74, 6) is -0.658. The zero-order valence-electron chi connectivity index (χ0n) is 12.8. The predicted molar refractivity (Wildman–Crippen MR) is 83.5 cm³/mol. The van der Waals surface area contributed by atoms with Gasteiger partial charge in [0.2, 0.25) is 5.91 Å². The van der Waals surface area contributed by atoms with Crippen molar-refractivity contribution in [3.8, 4) is 0 Å². The largest absolute Gasteiger partial charge is 0.399 e. The lowest BCUT2D eigenvalue weighted by Crippen LogP contribution is -2.42. The molecule has 4 nitrogen and oxygen atoms in total. The zero-order valence-corrected chi connectivity index (χ0v) is 12.8. The molecule has 1 aliphatic rings. The van der Waals surface area contributed by atoms with Crippen LogP contribution in [0.3, 0.4) is 0 Å². The minimum atomic E-state index is -0.463. The molecular formula is C16H24FN3O. The zero-order chi connectivity index (χ0) is 15.5. The number of carbonyl (C=O) groups excluding carboxylic acids is 1.